The van der Waals surface area contributed by atoms with Crippen molar-refractivity contribution < 1.29 is 19.1 Å². The highest BCUT2D eigenvalue weighted by molar-refractivity contribution is 6.06. The van der Waals surface area contributed by atoms with Gasteiger partial charge < -0.3 is 10.1 Å². The van der Waals surface area contributed by atoms with Gasteiger partial charge in [-0.1, -0.05) is 0 Å². The van der Waals surface area contributed by atoms with Gasteiger partial charge >= 0.3 is 12.0 Å². The Labute approximate surface area is 119 Å². The van der Waals surface area contributed by atoms with Crippen molar-refractivity contribution in [1.82, 2.24) is 15.1 Å². The number of carbonyl (C=O) groups is 3. The van der Waals surface area contributed by atoms with E-state index in [1.807, 2.05) is 18.7 Å². The minimum atomic E-state index is -0.859. The van der Waals surface area contributed by atoms with Gasteiger partial charge in [-0.15, -0.1) is 0 Å². The van der Waals surface area contributed by atoms with E-state index in [1.54, 1.807) is 13.8 Å². The molecule has 0 radical (unpaired) electrons. The van der Waals surface area contributed by atoms with Crippen molar-refractivity contribution in [3.8, 4) is 0 Å². The minimum Gasteiger partial charge on any atom is -0.468 e. The van der Waals surface area contributed by atoms with Crippen LogP contribution in [-0.4, -0.2) is 66.0 Å². The molecule has 0 aromatic heterocycles. The predicted octanol–water partition coefficient (Wildman–Crippen LogP) is 0.200. The molecule has 0 bridgehead atoms. The molecule has 1 fully saturated rings. The number of hydrogen-bond donors (Lipinski definition) is 1. The quantitative estimate of drug-likeness (QED) is 0.557. The number of nitrogens with zero attached hydrogens (tertiary/aromatic N) is 2. The third kappa shape index (κ3) is 3.69. The van der Waals surface area contributed by atoms with Crippen LogP contribution in [0.2, 0.25) is 0 Å². The maximum atomic E-state index is 12.0. The van der Waals surface area contributed by atoms with E-state index in [1.165, 1.54) is 12.0 Å². The first kappa shape index (κ1) is 16.4. The van der Waals surface area contributed by atoms with Crippen LogP contribution >= 0.6 is 0 Å². The number of rotatable bonds is 6. The molecule has 7 heteroatoms. The molecule has 0 saturated carbocycles. The number of nitrogens with one attached hydrogen (secondary N) is 1. The van der Waals surface area contributed by atoms with Crippen LogP contribution in [0, 0.1) is 0 Å². The molecule has 1 saturated heterocycles. The predicted molar refractivity (Wildman–Crippen MR) is 73.0 cm³/mol. The Hall–Kier alpha value is -1.63. The number of amides is 3. The van der Waals surface area contributed by atoms with Crippen molar-refractivity contribution in [2.75, 3.05) is 26.7 Å². The van der Waals surface area contributed by atoms with Crippen LogP contribution in [0.4, 0.5) is 4.79 Å². The van der Waals surface area contributed by atoms with Crippen LogP contribution in [-0.2, 0) is 14.3 Å². The second-order valence-corrected chi connectivity index (χ2v) is 5.65. The summed E-state index contributed by atoms with van der Waals surface area (Å²) >= 11 is 0. The molecule has 0 unspecified atom stereocenters. The summed E-state index contributed by atoms with van der Waals surface area (Å²) in [6.45, 7) is 8.05. The summed E-state index contributed by atoms with van der Waals surface area (Å²) in [7, 11) is 1.33. The summed E-state index contributed by atoms with van der Waals surface area (Å²) in [5.74, 6) is -0.583. The molecule has 20 heavy (non-hydrogen) atoms. The van der Waals surface area contributed by atoms with E-state index in [4.69, 9.17) is 0 Å². The lowest BCUT2D eigenvalue weighted by molar-refractivity contribution is -0.142. The molecule has 1 aliphatic rings. The van der Waals surface area contributed by atoms with Gasteiger partial charge in [-0.05, 0) is 27.7 Å². The van der Waals surface area contributed by atoms with E-state index in [-0.39, 0.29) is 37.0 Å². The number of ether oxygens (including phenoxy) is 1. The van der Waals surface area contributed by atoms with Gasteiger partial charge in [0.25, 0.3) is 5.91 Å². The van der Waals surface area contributed by atoms with Crippen molar-refractivity contribution in [3.63, 3.8) is 0 Å². The normalized spacial score (nSPS) is 17.9. The Morgan fingerprint density at radius 2 is 2.00 bits per heavy atom. The first-order valence-electron chi connectivity index (χ1n) is 6.64. The maximum Gasteiger partial charge on any atom is 0.325 e. The number of urea groups is 1. The highest BCUT2D eigenvalue weighted by Crippen LogP contribution is 2.16. The minimum absolute atomic E-state index is 0.114. The van der Waals surface area contributed by atoms with Crippen LogP contribution in [0.5, 0.6) is 0 Å². The van der Waals surface area contributed by atoms with E-state index in [0.717, 1.165) is 0 Å². The number of methoxy groups -OCH3 is 1. The molecular formula is C13H23N3O4. The van der Waals surface area contributed by atoms with E-state index in [9.17, 15) is 14.4 Å². The van der Waals surface area contributed by atoms with E-state index < -0.39 is 5.54 Å². The number of carbonyl (C=O) groups excluding carboxylic acids is 3. The first-order chi connectivity index (χ1) is 9.19. The Bertz CT molecular complexity index is 406. The smallest absolute Gasteiger partial charge is 0.325 e. The van der Waals surface area contributed by atoms with Crippen molar-refractivity contribution in [2.24, 2.45) is 0 Å². The van der Waals surface area contributed by atoms with Crippen LogP contribution in [0.15, 0.2) is 0 Å². The number of hydrogen-bond acceptors (Lipinski definition) is 5. The van der Waals surface area contributed by atoms with Crippen LogP contribution in [0.25, 0.3) is 0 Å². The topological polar surface area (TPSA) is 79.0 Å². The van der Waals surface area contributed by atoms with Gasteiger partial charge in [-0.2, -0.15) is 0 Å². The molecular weight excluding hydrogens is 262 g/mol. The highest BCUT2D eigenvalue weighted by Gasteiger charge is 2.44. The molecule has 0 aromatic rings. The molecule has 3 amide bonds. The summed E-state index contributed by atoms with van der Waals surface area (Å²) in [6.07, 6.45) is 0. The Kier molecular flexibility index (Phi) is 5.10. The van der Waals surface area contributed by atoms with Crippen molar-refractivity contribution in [1.29, 1.82) is 0 Å². The lowest BCUT2D eigenvalue weighted by Gasteiger charge is -2.26. The van der Waals surface area contributed by atoms with Crippen LogP contribution < -0.4 is 5.32 Å². The molecule has 1 aliphatic heterocycles. The summed E-state index contributed by atoms with van der Waals surface area (Å²) < 4.78 is 4.64. The Morgan fingerprint density at radius 1 is 1.40 bits per heavy atom. The van der Waals surface area contributed by atoms with E-state index in [0.29, 0.717) is 6.54 Å². The summed E-state index contributed by atoms with van der Waals surface area (Å²) in [4.78, 5) is 38.2. The number of imide groups is 1. The average molecular weight is 285 g/mol. The fourth-order valence-corrected chi connectivity index (χ4v) is 2.00. The van der Waals surface area contributed by atoms with Gasteiger partial charge in [-0.25, -0.2) is 4.79 Å². The second kappa shape index (κ2) is 6.21. The molecule has 0 spiro atoms. The van der Waals surface area contributed by atoms with Crippen molar-refractivity contribution in [3.05, 3.63) is 0 Å². The fourth-order valence-electron chi connectivity index (χ4n) is 2.00. The number of esters is 1. The third-order valence-electron chi connectivity index (χ3n) is 3.35. The summed E-state index contributed by atoms with van der Waals surface area (Å²) in [5, 5.41) is 2.63. The molecule has 1 N–H and O–H groups in total. The van der Waals surface area contributed by atoms with Crippen molar-refractivity contribution >= 4 is 17.9 Å². The first-order valence-corrected chi connectivity index (χ1v) is 6.64. The van der Waals surface area contributed by atoms with Crippen LogP contribution in [0.3, 0.4) is 0 Å². The van der Waals surface area contributed by atoms with E-state index in [2.05, 4.69) is 10.1 Å². The zero-order valence-corrected chi connectivity index (χ0v) is 12.7. The molecule has 7 nitrogen and oxygen atoms in total. The van der Waals surface area contributed by atoms with Gasteiger partial charge in [0.05, 0.1) is 13.7 Å². The van der Waals surface area contributed by atoms with Gasteiger partial charge in [0, 0.05) is 19.1 Å². The monoisotopic (exact) mass is 285 g/mol. The summed E-state index contributed by atoms with van der Waals surface area (Å²) in [6, 6.07) is -0.273. The SMILES string of the molecule is COC(=O)CN(CCN1C(=O)NC(C)(C)C1=O)C(C)C. The molecule has 1 rings (SSSR count). The highest BCUT2D eigenvalue weighted by atomic mass is 16.5. The van der Waals surface area contributed by atoms with Gasteiger partial charge in [0.1, 0.15) is 5.54 Å². The van der Waals surface area contributed by atoms with E-state index >= 15 is 0 Å². The largest absolute Gasteiger partial charge is 0.468 e. The van der Waals surface area contributed by atoms with Gasteiger partial charge in [0.15, 0.2) is 0 Å². The zero-order chi connectivity index (χ0) is 15.5. The Balaban J connectivity index is 2.62. The average Bonchev–Trinajstić information content (AvgIpc) is 2.54. The molecule has 1 heterocycles. The van der Waals surface area contributed by atoms with Crippen molar-refractivity contribution in [2.45, 2.75) is 39.3 Å². The van der Waals surface area contributed by atoms with Gasteiger partial charge in [-0.3, -0.25) is 19.4 Å². The molecule has 114 valence electrons. The van der Waals surface area contributed by atoms with Gasteiger partial charge in [0.2, 0.25) is 0 Å². The Morgan fingerprint density at radius 3 is 2.40 bits per heavy atom. The third-order valence-corrected chi connectivity index (χ3v) is 3.35. The standard InChI is InChI=1S/C13H23N3O4/c1-9(2)15(8-10(17)20-5)6-7-16-11(18)13(3,4)14-12(16)19/h9H,6-8H2,1-5H3,(H,14,19). The fraction of sp³-hybridized carbons (Fsp3) is 0.769. The second-order valence-electron chi connectivity index (χ2n) is 5.65. The lowest BCUT2D eigenvalue weighted by atomic mass is 10.1. The molecule has 0 aliphatic carbocycles. The van der Waals surface area contributed by atoms with Crippen LogP contribution in [0.1, 0.15) is 27.7 Å². The zero-order valence-electron chi connectivity index (χ0n) is 12.7. The summed E-state index contributed by atoms with van der Waals surface area (Å²) in [5.41, 5.74) is -0.859. The lowest BCUT2D eigenvalue weighted by Crippen LogP contribution is -2.44. The molecule has 0 atom stereocenters. The maximum absolute atomic E-state index is 12.0. The molecule has 0 aromatic carbocycles.